The number of ether oxygens (including phenoxy) is 1. The summed E-state index contributed by atoms with van der Waals surface area (Å²) in [4.78, 5) is 30.9. The number of furan rings is 1. The second-order valence-electron chi connectivity index (χ2n) is 8.16. The molecule has 0 fully saturated rings. The highest BCUT2D eigenvalue weighted by atomic mass is 79.9. The van der Waals surface area contributed by atoms with Crippen LogP contribution in [0.15, 0.2) is 87.8 Å². The van der Waals surface area contributed by atoms with Gasteiger partial charge >= 0.3 is 5.97 Å². The van der Waals surface area contributed by atoms with E-state index in [1.165, 1.54) is 24.3 Å². The predicted octanol–water partition coefficient (Wildman–Crippen LogP) is 6.91. The number of para-hydroxylation sites is 2. The number of nitriles is 1. The molecule has 0 aliphatic rings. The number of carbonyl (C=O) groups excluding carboxylic acids is 1. The molecule has 2 aromatic heterocycles. The number of benzene rings is 3. The van der Waals surface area contributed by atoms with E-state index in [9.17, 15) is 20.2 Å². The lowest BCUT2D eigenvalue weighted by Crippen LogP contribution is -2.07. The van der Waals surface area contributed by atoms with E-state index >= 15 is 0 Å². The van der Waals surface area contributed by atoms with Crippen molar-refractivity contribution < 1.29 is 18.9 Å². The Labute approximate surface area is 224 Å². The van der Waals surface area contributed by atoms with Gasteiger partial charge in [-0.1, -0.05) is 28.1 Å². The number of nitro groups is 1. The van der Waals surface area contributed by atoms with Crippen molar-refractivity contribution in [1.29, 1.82) is 5.26 Å². The Morgan fingerprint density at radius 1 is 1.13 bits per heavy atom. The molecule has 0 unspecified atom stereocenters. The molecule has 0 spiro atoms. The molecule has 38 heavy (non-hydrogen) atoms. The third-order valence-corrected chi connectivity index (χ3v) is 6.16. The number of aromatic amines is 1. The Hall–Kier alpha value is -5.01. The Bertz CT molecular complexity index is 1710. The van der Waals surface area contributed by atoms with Gasteiger partial charge in [-0.15, -0.1) is 0 Å². The van der Waals surface area contributed by atoms with E-state index in [0.717, 1.165) is 11.0 Å². The van der Waals surface area contributed by atoms with Gasteiger partial charge in [0.05, 0.1) is 27.1 Å². The van der Waals surface area contributed by atoms with E-state index in [2.05, 4.69) is 32.0 Å². The van der Waals surface area contributed by atoms with Crippen LogP contribution in [0.2, 0.25) is 0 Å². The molecule has 0 radical (unpaired) electrons. The molecule has 0 aliphatic carbocycles. The van der Waals surface area contributed by atoms with Crippen LogP contribution in [0, 0.1) is 21.4 Å². The van der Waals surface area contributed by atoms with Crippen molar-refractivity contribution in [2.24, 2.45) is 0 Å². The van der Waals surface area contributed by atoms with Gasteiger partial charge in [0.25, 0.3) is 5.69 Å². The Kier molecular flexibility index (Phi) is 6.84. The van der Waals surface area contributed by atoms with Gasteiger partial charge in [0, 0.05) is 28.2 Å². The first-order chi connectivity index (χ1) is 18.4. The number of carbonyl (C=O) groups is 1. The van der Waals surface area contributed by atoms with Gasteiger partial charge in [-0.25, -0.2) is 9.78 Å². The number of rotatable bonds is 7. The molecule has 0 bridgehead atoms. The molecule has 3 aromatic carbocycles. The van der Waals surface area contributed by atoms with E-state index < -0.39 is 10.9 Å². The highest BCUT2D eigenvalue weighted by Gasteiger charge is 2.18. The topological polar surface area (TPSA) is 135 Å². The highest BCUT2D eigenvalue weighted by molar-refractivity contribution is 9.10. The summed E-state index contributed by atoms with van der Waals surface area (Å²) in [6.07, 6.45) is 1.58. The fourth-order valence-electron chi connectivity index (χ4n) is 3.79. The number of hydrogen-bond acceptors (Lipinski definition) is 7. The van der Waals surface area contributed by atoms with E-state index in [1.807, 2.05) is 24.3 Å². The molecular weight excluding hydrogens is 552 g/mol. The highest BCUT2D eigenvalue weighted by Crippen LogP contribution is 2.30. The summed E-state index contributed by atoms with van der Waals surface area (Å²) in [6.45, 7) is -0.0576. The molecule has 0 saturated carbocycles. The van der Waals surface area contributed by atoms with Gasteiger partial charge in [0.1, 0.15) is 30.0 Å². The van der Waals surface area contributed by atoms with Gasteiger partial charge in [-0.3, -0.25) is 10.1 Å². The molecule has 0 aliphatic heterocycles. The zero-order valence-electron chi connectivity index (χ0n) is 19.6. The number of imidazole rings is 1. The van der Waals surface area contributed by atoms with Crippen molar-refractivity contribution in [2.45, 2.75) is 6.61 Å². The van der Waals surface area contributed by atoms with Crippen LogP contribution in [0.4, 0.5) is 5.69 Å². The number of aromatic nitrogens is 2. The molecule has 5 aromatic rings. The lowest BCUT2D eigenvalue weighted by Gasteiger charge is -2.09. The fourth-order valence-corrected chi connectivity index (χ4v) is 4.15. The van der Waals surface area contributed by atoms with Crippen molar-refractivity contribution in [3.05, 3.63) is 116 Å². The number of esters is 1. The van der Waals surface area contributed by atoms with E-state index in [4.69, 9.17) is 9.15 Å². The van der Waals surface area contributed by atoms with E-state index in [1.54, 1.807) is 36.4 Å². The van der Waals surface area contributed by atoms with Gasteiger partial charge in [0.15, 0.2) is 0 Å². The second-order valence-corrected chi connectivity index (χ2v) is 9.08. The van der Waals surface area contributed by atoms with Gasteiger partial charge < -0.3 is 14.1 Å². The van der Waals surface area contributed by atoms with Crippen molar-refractivity contribution in [1.82, 2.24) is 9.97 Å². The summed E-state index contributed by atoms with van der Waals surface area (Å²) in [6, 6.07) is 23.9. The maximum absolute atomic E-state index is 13.0. The first-order valence-electron chi connectivity index (χ1n) is 11.3. The summed E-state index contributed by atoms with van der Waals surface area (Å²) in [5, 5.41) is 20.6. The van der Waals surface area contributed by atoms with Crippen LogP contribution in [-0.4, -0.2) is 20.9 Å². The summed E-state index contributed by atoms with van der Waals surface area (Å²) < 4.78 is 12.1. The molecule has 10 heteroatoms. The number of allylic oxidation sites excluding steroid dienone is 1. The molecular formula is C28H17BrN4O5. The SMILES string of the molecule is N#C/C(=C/c1ccc(-c2ccc(Br)cc2C(=O)OCc2ccc([N+](=O)[O-])cc2)o1)c1nc2ccccc2[nH]1. The maximum atomic E-state index is 13.0. The summed E-state index contributed by atoms with van der Waals surface area (Å²) in [5.74, 6) is 0.650. The van der Waals surface area contributed by atoms with Crippen molar-refractivity contribution >= 4 is 50.3 Å². The van der Waals surface area contributed by atoms with Gasteiger partial charge in [0.2, 0.25) is 0 Å². The lowest BCUT2D eigenvalue weighted by molar-refractivity contribution is -0.384. The van der Waals surface area contributed by atoms with Crippen LogP contribution < -0.4 is 0 Å². The average molecular weight is 569 g/mol. The zero-order valence-corrected chi connectivity index (χ0v) is 21.1. The van der Waals surface area contributed by atoms with Crippen molar-refractivity contribution in [3.63, 3.8) is 0 Å². The zero-order chi connectivity index (χ0) is 26.6. The lowest BCUT2D eigenvalue weighted by atomic mass is 10.1. The van der Waals surface area contributed by atoms with Crippen molar-refractivity contribution in [3.8, 4) is 17.4 Å². The van der Waals surface area contributed by atoms with E-state index in [-0.39, 0.29) is 17.9 Å². The van der Waals surface area contributed by atoms with Crippen LogP contribution in [0.3, 0.4) is 0 Å². The monoisotopic (exact) mass is 568 g/mol. The van der Waals surface area contributed by atoms with Crippen LogP contribution in [0.5, 0.6) is 0 Å². The third kappa shape index (κ3) is 5.23. The van der Waals surface area contributed by atoms with Crippen molar-refractivity contribution in [2.75, 3.05) is 0 Å². The molecule has 0 amide bonds. The minimum atomic E-state index is -0.590. The number of fused-ring (bicyclic) bond motifs is 1. The number of nitro benzene ring substituents is 1. The van der Waals surface area contributed by atoms with Crippen LogP contribution >= 0.6 is 15.9 Å². The number of halogens is 1. The Morgan fingerprint density at radius 3 is 2.66 bits per heavy atom. The number of nitrogens with zero attached hydrogens (tertiary/aromatic N) is 3. The molecule has 5 rings (SSSR count). The number of H-pyrrole nitrogens is 1. The first-order valence-corrected chi connectivity index (χ1v) is 12.1. The normalized spacial score (nSPS) is 11.3. The third-order valence-electron chi connectivity index (χ3n) is 5.66. The fraction of sp³-hybridized carbons (Fsp3) is 0.0357. The average Bonchev–Trinajstić information content (AvgIpc) is 3.57. The molecule has 0 atom stereocenters. The quantitative estimate of drug-likeness (QED) is 0.0973. The summed E-state index contributed by atoms with van der Waals surface area (Å²) in [7, 11) is 0. The second kappa shape index (κ2) is 10.5. The molecule has 2 heterocycles. The summed E-state index contributed by atoms with van der Waals surface area (Å²) >= 11 is 3.38. The largest absolute Gasteiger partial charge is 0.457 e. The molecule has 0 saturated heterocycles. The predicted molar refractivity (Wildman–Crippen MR) is 144 cm³/mol. The standard InChI is InChI=1S/C28H17BrN4O5/c29-19-7-11-22(23(14-19)28(34)37-16-17-5-8-20(9-6-17)33(35)36)26-12-10-21(38-26)13-18(15-30)27-31-24-3-1-2-4-25(24)32-27/h1-14H,16H2,(H,31,32)/b18-13-. The maximum Gasteiger partial charge on any atom is 0.339 e. The Morgan fingerprint density at radius 2 is 1.92 bits per heavy atom. The number of nitrogens with one attached hydrogen (secondary N) is 1. The van der Waals surface area contributed by atoms with Crippen LogP contribution in [0.1, 0.15) is 27.5 Å². The first kappa shape index (κ1) is 24.7. The Balaban J connectivity index is 1.38. The molecule has 1 N–H and O–H groups in total. The summed E-state index contributed by atoms with van der Waals surface area (Å²) in [5.41, 5.74) is 3.19. The minimum Gasteiger partial charge on any atom is -0.457 e. The molecule has 9 nitrogen and oxygen atoms in total. The number of hydrogen-bond donors (Lipinski definition) is 1. The smallest absolute Gasteiger partial charge is 0.339 e. The number of non-ortho nitro benzene ring substituents is 1. The van der Waals surface area contributed by atoms with Gasteiger partial charge in [-0.2, -0.15) is 5.26 Å². The van der Waals surface area contributed by atoms with E-state index in [0.29, 0.717) is 38.5 Å². The van der Waals surface area contributed by atoms with Crippen LogP contribution in [-0.2, 0) is 11.3 Å². The minimum absolute atomic E-state index is 0.0445. The van der Waals surface area contributed by atoms with Gasteiger partial charge in [-0.05, 0) is 60.2 Å². The van der Waals surface area contributed by atoms with Crippen LogP contribution in [0.25, 0.3) is 34.0 Å². The molecule has 186 valence electrons.